The molecule has 3 aromatic heterocycles. The molecule has 3 rings (SSSR count). The van der Waals surface area contributed by atoms with Crippen molar-refractivity contribution in [3.05, 3.63) is 34.0 Å². The smallest absolute Gasteiger partial charge is 0.261 e. The first-order chi connectivity index (χ1) is 13.8. The van der Waals surface area contributed by atoms with E-state index in [-0.39, 0.29) is 18.6 Å². The van der Waals surface area contributed by atoms with Crippen LogP contribution in [0.3, 0.4) is 0 Å². The summed E-state index contributed by atoms with van der Waals surface area (Å²) in [6, 6.07) is 2.02. The van der Waals surface area contributed by atoms with Crippen molar-refractivity contribution in [1.29, 1.82) is 0 Å². The van der Waals surface area contributed by atoms with Gasteiger partial charge in [0.1, 0.15) is 11.2 Å². The molecule has 0 aliphatic rings. The van der Waals surface area contributed by atoms with E-state index in [0.717, 1.165) is 51.4 Å². The quantitative estimate of drug-likeness (QED) is 0.594. The van der Waals surface area contributed by atoms with E-state index in [1.165, 1.54) is 11.3 Å². The van der Waals surface area contributed by atoms with Crippen molar-refractivity contribution in [1.82, 2.24) is 19.9 Å². The van der Waals surface area contributed by atoms with Gasteiger partial charge in [-0.25, -0.2) is 9.97 Å². The Bertz CT molecular complexity index is 1030. The number of hydrogen-bond acceptors (Lipinski definition) is 5. The minimum Gasteiger partial charge on any atom is -0.394 e. The topological polar surface area (TPSA) is 80.0 Å². The molecule has 6 nitrogen and oxygen atoms in total. The average molecular weight is 415 g/mol. The Labute approximate surface area is 176 Å². The molecule has 0 fully saturated rings. The molecule has 1 atom stereocenters. The molecule has 1 unspecified atom stereocenters. The van der Waals surface area contributed by atoms with Gasteiger partial charge in [0.2, 0.25) is 0 Å². The van der Waals surface area contributed by atoms with E-state index < -0.39 is 0 Å². The van der Waals surface area contributed by atoms with Gasteiger partial charge in [0.15, 0.2) is 5.65 Å². The normalized spacial score (nSPS) is 12.7. The standard InChI is InChI=1S/C22H30N4O2S/c1-7-16(8-2)26-10-13(4)18-21(26)24-15(6)19(25-18)20-12(3)9-17(29-20)22(28)23-14(5)11-27/h9-10,14,16,27H,7-8,11H2,1-6H3,(H,23,28). The number of nitrogens with zero attached hydrogens (tertiary/aromatic N) is 3. The van der Waals surface area contributed by atoms with Crippen molar-refractivity contribution in [2.75, 3.05) is 6.61 Å². The SMILES string of the molecule is CCC(CC)n1cc(C)c2nc(-c3sc(C(=O)NC(C)CO)cc3C)c(C)nc21. The number of aryl methyl sites for hydroxylation is 3. The predicted molar refractivity (Wildman–Crippen MR) is 119 cm³/mol. The number of aliphatic hydroxyl groups excluding tert-OH is 1. The zero-order valence-electron chi connectivity index (χ0n) is 18.0. The van der Waals surface area contributed by atoms with Crippen molar-refractivity contribution in [2.45, 2.75) is 66.5 Å². The lowest BCUT2D eigenvalue weighted by molar-refractivity contribution is 0.0926. The van der Waals surface area contributed by atoms with E-state index in [9.17, 15) is 9.90 Å². The first-order valence-electron chi connectivity index (χ1n) is 10.2. The number of hydrogen-bond donors (Lipinski definition) is 2. The molecule has 29 heavy (non-hydrogen) atoms. The van der Waals surface area contributed by atoms with Crippen LogP contribution in [-0.2, 0) is 0 Å². The monoisotopic (exact) mass is 414 g/mol. The van der Waals surface area contributed by atoms with Crippen LogP contribution >= 0.6 is 11.3 Å². The molecule has 0 aliphatic carbocycles. The van der Waals surface area contributed by atoms with E-state index >= 15 is 0 Å². The summed E-state index contributed by atoms with van der Waals surface area (Å²) in [5.41, 5.74) is 5.67. The summed E-state index contributed by atoms with van der Waals surface area (Å²) < 4.78 is 2.25. The van der Waals surface area contributed by atoms with Crippen LogP contribution in [0.25, 0.3) is 21.7 Å². The molecule has 2 N–H and O–H groups in total. The number of thiophene rings is 1. The average Bonchev–Trinajstić information content (AvgIpc) is 3.22. The Balaban J connectivity index is 2.06. The third kappa shape index (κ3) is 4.07. The minimum atomic E-state index is -0.279. The van der Waals surface area contributed by atoms with Crippen LogP contribution in [0.5, 0.6) is 0 Å². The summed E-state index contributed by atoms with van der Waals surface area (Å²) in [6.07, 6.45) is 4.26. The first-order valence-corrected chi connectivity index (χ1v) is 11.0. The second-order valence-corrected chi connectivity index (χ2v) is 8.75. The molecular weight excluding hydrogens is 384 g/mol. The van der Waals surface area contributed by atoms with Crippen LogP contribution in [0.15, 0.2) is 12.3 Å². The maximum atomic E-state index is 12.5. The van der Waals surface area contributed by atoms with E-state index in [0.29, 0.717) is 10.9 Å². The Morgan fingerprint density at radius 1 is 1.21 bits per heavy atom. The van der Waals surface area contributed by atoms with Gasteiger partial charge in [-0.3, -0.25) is 4.79 Å². The summed E-state index contributed by atoms with van der Waals surface area (Å²) in [6.45, 7) is 12.1. The van der Waals surface area contributed by atoms with Gasteiger partial charge in [-0.15, -0.1) is 11.3 Å². The fourth-order valence-electron chi connectivity index (χ4n) is 3.63. The highest BCUT2D eigenvalue weighted by Crippen LogP contribution is 2.35. The molecule has 156 valence electrons. The van der Waals surface area contributed by atoms with Gasteiger partial charge in [-0.05, 0) is 57.7 Å². The van der Waals surface area contributed by atoms with Crippen LogP contribution in [0, 0.1) is 20.8 Å². The third-order valence-corrected chi connectivity index (χ3v) is 6.59. The highest BCUT2D eigenvalue weighted by atomic mass is 32.1. The lowest BCUT2D eigenvalue weighted by atomic mass is 10.1. The number of aliphatic hydroxyl groups is 1. The Morgan fingerprint density at radius 3 is 2.52 bits per heavy atom. The van der Waals surface area contributed by atoms with Crippen molar-refractivity contribution >= 4 is 28.4 Å². The molecule has 1 amide bonds. The molecule has 3 aromatic rings. The van der Waals surface area contributed by atoms with Gasteiger partial charge in [0, 0.05) is 18.3 Å². The van der Waals surface area contributed by atoms with Gasteiger partial charge in [0.25, 0.3) is 5.91 Å². The molecule has 7 heteroatoms. The maximum absolute atomic E-state index is 12.5. The van der Waals surface area contributed by atoms with Gasteiger partial charge in [-0.2, -0.15) is 0 Å². The number of amides is 1. The van der Waals surface area contributed by atoms with E-state index in [1.807, 2.05) is 19.9 Å². The number of fused-ring (bicyclic) bond motifs is 1. The van der Waals surface area contributed by atoms with Crippen LogP contribution in [0.2, 0.25) is 0 Å². The maximum Gasteiger partial charge on any atom is 0.261 e. The zero-order chi connectivity index (χ0) is 21.3. The van der Waals surface area contributed by atoms with Crippen molar-refractivity contribution in [3.8, 4) is 10.6 Å². The highest BCUT2D eigenvalue weighted by Gasteiger charge is 2.21. The molecule has 0 aromatic carbocycles. The van der Waals surface area contributed by atoms with Gasteiger partial charge in [-0.1, -0.05) is 13.8 Å². The summed E-state index contributed by atoms with van der Waals surface area (Å²) in [7, 11) is 0. The minimum absolute atomic E-state index is 0.0863. The van der Waals surface area contributed by atoms with Crippen LogP contribution in [0.4, 0.5) is 0 Å². The van der Waals surface area contributed by atoms with Crippen LogP contribution in [0.1, 0.15) is 66.1 Å². The third-order valence-electron chi connectivity index (χ3n) is 5.35. The Morgan fingerprint density at radius 2 is 1.90 bits per heavy atom. The van der Waals surface area contributed by atoms with Gasteiger partial charge in [0.05, 0.1) is 22.1 Å². The lowest BCUT2D eigenvalue weighted by Crippen LogP contribution is -2.34. The number of rotatable bonds is 7. The van der Waals surface area contributed by atoms with Crippen molar-refractivity contribution in [3.63, 3.8) is 0 Å². The number of aromatic nitrogens is 3. The second kappa shape index (κ2) is 8.63. The lowest BCUT2D eigenvalue weighted by Gasteiger charge is -2.16. The van der Waals surface area contributed by atoms with E-state index in [4.69, 9.17) is 9.97 Å². The predicted octanol–water partition coefficient (Wildman–Crippen LogP) is 4.56. The largest absolute Gasteiger partial charge is 0.394 e. The highest BCUT2D eigenvalue weighted by molar-refractivity contribution is 7.17. The fraction of sp³-hybridized carbons (Fsp3) is 0.500. The molecule has 0 aliphatic heterocycles. The number of carbonyl (C=O) groups excluding carboxylic acids is 1. The van der Waals surface area contributed by atoms with Crippen LogP contribution < -0.4 is 5.32 Å². The first kappa shape index (κ1) is 21.5. The van der Waals surface area contributed by atoms with Crippen LogP contribution in [-0.4, -0.2) is 38.2 Å². The summed E-state index contributed by atoms with van der Waals surface area (Å²) in [5, 5.41) is 12.0. The van der Waals surface area contributed by atoms with Crippen molar-refractivity contribution in [2.24, 2.45) is 0 Å². The summed E-state index contributed by atoms with van der Waals surface area (Å²) >= 11 is 1.42. The molecular formula is C22H30N4O2S. The molecule has 0 radical (unpaired) electrons. The van der Waals surface area contributed by atoms with Gasteiger partial charge >= 0.3 is 0 Å². The second-order valence-electron chi connectivity index (χ2n) is 7.70. The van der Waals surface area contributed by atoms with Gasteiger partial charge < -0.3 is 15.0 Å². The molecule has 0 spiro atoms. The molecule has 0 saturated heterocycles. The molecule has 0 saturated carbocycles. The number of nitrogens with one attached hydrogen (secondary N) is 1. The Hall–Kier alpha value is -2.25. The zero-order valence-corrected chi connectivity index (χ0v) is 18.9. The molecule has 0 bridgehead atoms. The number of carbonyl (C=O) groups is 1. The van der Waals surface area contributed by atoms with E-state index in [2.05, 4.69) is 36.9 Å². The summed E-state index contributed by atoms with van der Waals surface area (Å²) in [4.78, 5) is 23.9. The Kier molecular flexibility index (Phi) is 6.39. The van der Waals surface area contributed by atoms with E-state index in [1.54, 1.807) is 6.92 Å². The van der Waals surface area contributed by atoms with Crippen molar-refractivity contribution < 1.29 is 9.90 Å². The molecule has 3 heterocycles. The summed E-state index contributed by atoms with van der Waals surface area (Å²) in [5.74, 6) is -0.173. The fourth-order valence-corrected chi connectivity index (χ4v) is 4.75.